The maximum absolute atomic E-state index is 5.93. The topological polar surface area (TPSA) is 0 Å². The zero-order chi connectivity index (χ0) is 18.6. The molecule has 0 amide bonds. The van der Waals surface area contributed by atoms with Crippen molar-refractivity contribution in [1.29, 1.82) is 0 Å². The zero-order valence-electron chi connectivity index (χ0n) is 16.3. The molecule has 0 aliphatic heterocycles. The first kappa shape index (κ1) is 18.6. The Morgan fingerprint density at radius 1 is 0.778 bits per heavy atom. The molecule has 4 unspecified atom stereocenters. The summed E-state index contributed by atoms with van der Waals surface area (Å²) in [5.41, 5.74) is 3.61. The van der Waals surface area contributed by atoms with Crippen LogP contribution in [0.15, 0.2) is 48.5 Å². The fraction of sp³-hybridized carbons (Fsp3) is 0.462. The van der Waals surface area contributed by atoms with Gasteiger partial charge >= 0.3 is 0 Å². The molecule has 2 fully saturated rings. The predicted octanol–water partition coefficient (Wildman–Crippen LogP) is 7.45. The molecule has 4 rings (SSSR count). The largest absolute Gasteiger partial charge is 0.0843 e. The van der Waals surface area contributed by atoms with E-state index in [1.54, 1.807) is 0 Å². The maximum Gasteiger partial charge on any atom is 0.0406 e. The number of fused-ring (bicyclic) bond motifs is 1. The van der Waals surface area contributed by atoms with E-state index >= 15 is 0 Å². The highest BCUT2D eigenvalue weighted by Gasteiger charge is 2.35. The molecule has 0 spiro atoms. The standard InChI is InChI=1S/C26H29Cl/c1-2-19-5-12-25-18-24(14-13-23(25)17-19)22-10-6-20(7-11-22)3-4-21-8-15-26(27)16-9-21/h6-11,15-16,19,23-25H,2,5,12-14,17-18H2,1H3. The van der Waals surface area contributed by atoms with E-state index in [1.165, 1.54) is 50.5 Å². The summed E-state index contributed by atoms with van der Waals surface area (Å²) >= 11 is 5.93. The molecule has 2 aliphatic carbocycles. The van der Waals surface area contributed by atoms with Crippen molar-refractivity contribution in [3.05, 3.63) is 70.2 Å². The Balaban J connectivity index is 1.39. The van der Waals surface area contributed by atoms with E-state index in [-0.39, 0.29) is 0 Å². The molecule has 2 saturated carbocycles. The molecule has 4 atom stereocenters. The summed E-state index contributed by atoms with van der Waals surface area (Å²) in [5, 5.41) is 0.753. The van der Waals surface area contributed by atoms with Gasteiger partial charge in [-0.3, -0.25) is 0 Å². The minimum atomic E-state index is 0.753. The van der Waals surface area contributed by atoms with Crippen molar-refractivity contribution in [2.24, 2.45) is 17.8 Å². The number of benzene rings is 2. The molecular formula is C26H29Cl. The molecule has 0 heterocycles. The Morgan fingerprint density at radius 2 is 1.37 bits per heavy atom. The predicted molar refractivity (Wildman–Crippen MR) is 115 cm³/mol. The molecule has 1 heteroatoms. The Labute approximate surface area is 169 Å². The van der Waals surface area contributed by atoms with Crippen LogP contribution in [0.25, 0.3) is 0 Å². The Hall–Kier alpha value is -1.71. The van der Waals surface area contributed by atoms with Gasteiger partial charge in [0.05, 0.1) is 0 Å². The summed E-state index contributed by atoms with van der Waals surface area (Å²) < 4.78 is 0. The van der Waals surface area contributed by atoms with Crippen molar-refractivity contribution in [3.63, 3.8) is 0 Å². The van der Waals surface area contributed by atoms with Gasteiger partial charge in [-0.25, -0.2) is 0 Å². The molecule has 2 aliphatic rings. The van der Waals surface area contributed by atoms with Gasteiger partial charge in [0.25, 0.3) is 0 Å². The van der Waals surface area contributed by atoms with E-state index in [0.29, 0.717) is 0 Å². The minimum absolute atomic E-state index is 0.753. The summed E-state index contributed by atoms with van der Waals surface area (Å²) in [6.45, 7) is 2.37. The summed E-state index contributed by atoms with van der Waals surface area (Å²) in [4.78, 5) is 0. The molecule has 2 aromatic rings. The maximum atomic E-state index is 5.93. The summed E-state index contributed by atoms with van der Waals surface area (Å²) in [7, 11) is 0. The second kappa shape index (κ2) is 8.53. The molecule has 0 N–H and O–H groups in total. The molecule has 0 saturated heterocycles. The first-order chi connectivity index (χ1) is 13.2. The Bertz CT molecular complexity index is 806. The van der Waals surface area contributed by atoms with Crippen LogP contribution in [0.5, 0.6) is 0 Å². The number of halogens is 1. The van der Waals surface area contributed by atoms with Gasteiger partial charge in [-0.2, -0.15) is 0 Å². The lowest BCUT2D eigenvalue weighted by Crippen LogP contribution is -2.30. The summed E-state index contributed by atoms with van der Waals surface area (Å²) in [6, 6.07) is 16.7. The molecule has 27 heavy (non-hydrogen) atoms. The second-order valence-corrected chi connectivity index (χ2v) is 8.93. The van der Waals surface area contributed by atoms with Crippen molar-refractivity contribution in [3.8, 4) is 11.8 Å². The van der Waals surface area contributed by atoms with Gasteiger partial charge in [0, 0.05) is 16.1 Å². The highest BCUT2D eigenvalue weighted by atomic mass is 35.5. The van der Waals surface area contributed by atoms with Crippen LogP contribution in [0.3, 0.4) is 0 Å². The number of rotatable bonds is 2. The van der Waals surface area contributed by atoms with Gasteiger partial charge in [0.2, 0.25) is 0 Å². The van der Waals surface area contributed by atoms with Crippen molar-refractivity contribution >= 4 is 11.6 Å². The third kappa shape index (κ3) is 4.59. The van der Waals surface area contributed by atoms with Crippen LogP contribution in [0.2, 0.25) is 5.02 Å². The second-order valence-electron chi connectivity index (χ2n) is 8.50. The molecule has 0 radical (unpaired) electrons. The molecule has 140 valence electrons. The average Bonchev–Trinajstić information content (AvgIpc) is 2.73. The highest BCUT2D eigenvalue weighted by molar-refractivity contribution is 6.30. The lowest BCUT2D eigenvalue weighted by Gasteiger charge is -2.42. The first-order valence-corrected chi connectivity index (χ1v) is 11.0. The van der Waals surface area contributed by atoms with E-state index in [2.05, 4.69) is 43.0 Å². The summed E-state index contributed by atoms with van der Waals surface area (Å²) in [5.74, 6) is 10.2. The molecular weight excluding hydrogens is 348 g/mol. The van der Waals surface area contributed by atoms with Crippen LogP contribution in [-0.4, -0.2) is 0 Å². The van der Waals surface area contributed by atoms with Gasteiger partial charge < -0.3 is 0 Å². The van der Waals surface area contributed by atoms with Crippen LogP contribution in [0, 0.1) is 29.6 Å². The molecule has 0 nitrogen and oxygen atoms in total. The SMILES string of the molecule is CCC1CCC2CC(c3ccc(C#Cc4ccc(Cl)cc4)cc3)CCC2C1. The van der Waals surface area contributed by atoms with E-state index < -0.39 is 0 Å². The fourth-order valence-corrected chi connectivity index (χ4v) is 5.30. The third-order valence-electron chi connectivity index (χ3n) is 6.88. The summed E-state index contributed by atoms with van der Waals surface area (Å²) in [6.07, 6.45) is 10.0. The van der Waals surface area contributed by atoms with Crippen LogP contribution in [0.1, 0.15) is 74.5 Å². The van der Waals surface area contributed by atoms with Crippen LogP contribution in [-0.2, 0) is 0 Å². The number of hydrogen-bond donors (Lipinski definition) is 0. The monoisotopic (exact) mass is 376 g/mol. The lowest BCUT2D eigenvalue weighted by molar-refractivity contribution is 0.116. The van der Waals surface area contributed by atoms with Crippen molar-refractivity contribution in [1.82, 2.24) is 0 Å². The van der Waals surface area contributed by atoms with Crippen LogP contribution < -0.4 is 0 Å². The van der Waals surface area contributed by atoms with Gasteiger partial charge in [0.1, 0.15) is 0 Å². The molecule has 2 aromatic carbocycles. The van der Waals surface area contributed by atoms with Crippen LogP contribution in [0.4, 0.5) is 0 Å². The normalized spacial score (nSPS) is 27.3. The van der Waals surface area contributed by atoms with Gasteiger partial charge in [0.15, 0.2) is 0 Å². The minimum Gasteiger partial charge on any atom is -0.0843 e. The van der Waals surface area contributed by atoms with Gasteiger partial charge in [-0.05, 0) is 97.7 Å². The van der Waals surface area contributed by atoms with E-state index in [1.807, 2.05) is 24.3 Å². The van der Waals surface area contributed by atoms with Gasteiger partial charge in [-0.1, -0.05) is 55.3 Å². The molecule has 0 bridgehead atoms. The Morgan fingerprint density at radius 3 is 2.04 bits per heavy atom. The van der Waals surface area contributed by atoms with Crippen molar-refractivity contribution < 1.29 is 0 Å². The fourth-order valence-electron chi connectivity index (χ4n) is 5.18. The smallest absolute Gasteiger partial charge is 0.0406 e. The van der Waals surface area contributed by atoms with E-state index in [4.69, 9.17) is 11.6 Å². The third-order valence-corrected chi connectivity index (χ3v) is 7.13. The van der Waals surface area contributed by atoms with Crippen molar-refractivity contribution in [2.75, 3.05) is 0 Å². The number of hydrogen-bond acceptors (Lipinski definition) is 0. The highest BCUT2D eigenvalue weighted by Crippen LogP contribution is 2.48. The van der Waals surface area contributed by atoms with Crippen LogP contribution >= 0.6 is 11.6 Å². The van der Waals surface area contributed by atoms with Crippen molar-refractivity contribution in [2.45, 2.75) is 57.8 Å². The quantitative estimate of drug-likeness (QED) is 0.477. The van der Waals surface area contributed by atoms with Gasteiger partial charge in [-0.15, -0.1) is 0 Å². The Kier molecular flexibility index (Phi) is 5.89. The average molecular weight is 377 g/mol. The first-order valence-electron chi connectivity index (χ1n) is 10.6. The van der Waals surface area contributed by atoms with E-state index in [0.717, 1.165) is 39.8 Å². The molecule has 0 aromatic heterocycles. The lowest BCUT2D eigenvalue weighted by atomic mass is 9.63. The van der Waals surface area contributed by atoms with E-state index in [9.17, 15) is 0 Å². The zero-order valence-corrected chi connectivity index (χ0v) is 17.0.